The van der Waals surface area contributed by atoms with E-state index < -0.39 is 11.9 Å². The second-order valence-electron chi connectivity index (χ2n) is 4.55. The molecule has 1 fully saturated rings. The molecule has 1 saturated heterocycles. The SMILES string of the molecule is Cc1cc(N2CC(C(=O)O)C2)c(C(N)=O)c(C)n1. The topological polar surface area (TPSA) is 96.5 Å². The lowest BCUT2D eigenvalue weighted by Crippen LogP contribution is -2.51. The number of aryl methyl sites for hydroxylation is 2. The molecular weight excluding hydrogens is 234 g/mol. The minimum Gasteiger partial charge on any atom is -0.481 e. The third-order valence-corrected chi connectivity index (χ3v) is 3.13. The van der Waals surface area contributed by atoms with Crippen LogP contribution < -0.4 is 10.6 Å². The van der Waals surface area contributed by atoms with Crippen molar-refractivity contribution in [3.63, 3.8) is 0 Å². The van der Waals surface area contributed by atoms with Crippen LogP contribution in [-0.4, -0.2) is 35.1 Å². The highest BCUT2D eigenvalue weighted by atomic mass is 16.4. The lowest BCUT2D eigenvalue weighted by molar-refractivity contribution is -0.142. The molecule has 3 N–H and O–H groups in total. The van der Waals surface area contributed by atoms with Gasteiger partial charge in [-0.2, -0.15) is 0 Å². The number of carboxylic acid groups (broad SMARTS) is 1. The number of amides is 1. The van der Waals surface area contributed by atoms with Gasteiger partial charge in [-0.25, -0.2) is 0 Å². The number of rotatable bonds is 3. The first-order chi connectivity index (χ1) is 8.40. The van der Waals surface area contributed by atoms with E-state index >= 15 is 0 Å². The average molecular weight is 249 g/mol. The zero-order valence-electron chi connectivity index (χ0n) is 10.3. The number of pyridine rings is 1. The molecular formula is C12H15N3O3. The summed E-state index contributed by atoms with van der Waals surface area (Å²) in [6.45, 7) is 4.36. The van der Waals surface area contributed by atoms with Crippen LogP contribution in [0.25, 0.3) is 0 Å². The van der Waals surface area contributed by atoms with Crippen molar-refractivity contribution in [3.8, 4) is 0 Å². The Bertz CT molecular complexity index is 522. The Hall–Kier alpha value is -2.11. The average Bonchev–Trinajstić information content (AvgIpc) is 2.11. The van der Waals surface area contributed by atoms with Crippen molar-refractivity contribution in [1.82, 2.24) is 4.98 Å². The maximum absolute atomic E-state index is 11.5. The molecule has 0 unspecified atom stereocenters. The van der Waals surface area contributed by atoms with E-state index in [0.717, 1.165) is 5.69 Å². The normalized spacial score (nSPS) is 15.3. The second kappa shape index (κ2) is 4.29. The van der Waals surface area contributed by atoms with Gasteiger partial charge in [-0.05, 0) is 19.9 Å². The van der Waals surface area contributed by atoms with Crippen LogP contribution in [0.2, 0.25) is 0 Å². The Morgan fingerprint density at radius 2 is 2.06 bits per heavy atom. The van der Waals surface area contributed by atoms with Gasteiger partial charge in [-0.1, -0.05) is 0 Å². The Kier molecular flexibility index (Phi) is 2.94. The summed E-state index contributed by atoms with van der Waals surface area (Å²) >= 11 is 0. The number of anilines is 1. The third-order valence-electron chi connectivity index (χ3n) is 3.13. The number of aromatic nitrogens is 1. The Balaban J connectivity index is 2.34. The first-order valence-electron chi connectivity index (χ1n) is 5.66. The van der Waals surface area contributed by atoms with Crippen molar-refractivity contribution >= 4 is 17.6 Å². The zero-order chi connectivity index (χ0) is 13.4. The largest absolute Gasteiger partial charge is 0.481 e. The van der Waals surface area contributed by atoms with Gasteiger partial charge in [0.15, 0.2) is 0 Å². The second-order valence-corrected chi connectivity index (χ2v) is 4.55. The fourth-order valence-electron chi connectivity index (χ4n) is 2.19. The summed E-state index contributed by atoms with van der Waals surface area (Å²) in [5.41, 5.74) is 7.78. The molecule has 18 heavy (non-hydrogen) atoms. The molecule has 96 valence electrons. The molecule has 2 heterocycles. The van der Waals surface area contributed by atoms with Crippen LogP contribution in [0.1, 0.15) is 21.7 Å². The lowest BCUT2D eigenvalue weighted by atomic mass is 9.97. The summed E-state index contributed by atoms with van der Waals surface area (Å²) in [5.74, 6) is -1.72. The van der Waals surface area contributed by atoms with E-state index in [1.807, 2.05) is 11.8 Å². The Morgan fingerprint density at radius 3 is 2.56 bits per heavy atom. The summed E-state index contributed by atoms with van der Waals surface area (Å²) < 4.78 is 0. The maximum Gasteiger partial charge on any atom is 0.310 e. The minimum atomic E-state index is -0.811. The molecule has 0 spiro atoms. The van der Waals surface area contributed by atoms with Gasteiger partial charge in [-0.3, -0.25) is 14.6 Å². The van der Waals surface area contributed by atoms with E-state index in [9.17, 15) is 9.59 Å². The van der Waals surface area contributed by atoms with Crippen molar-refractivity contribution in [2.45, 2.75) is 13.8 Å². The maximum atomic E-state index is 11.5. The molecule has 1 aromatic heterocycles. The molecule has 0 bridgehead atoms. The summed E-state index contributed by atoms with van der Waals surface area (Å²) in [7, 11) is 0. The number of hydrogen-bond acceptors (Lipinski definition) is 4. The van der Waals surface area contributed by atoms with Crippen LogP contribution >= 0.6 is 0 Å². The first-order valence-corrected chi connectivity index (χ1v) is 5.66. The Labute approximate surface area is 104 Å². The van der Waals surface area contributed by atoms with Gasteiger partial charge in [0.1, 0.15) is 0 Å². The van der Waals surface area contributed by atoms with Crippen LogP contribution in [-0.2, 0) is 4.79 Å². The van der Waals surface area contributed by atoms with Gasteiger partial charge in [0, 0.05) is 18.8 Å². The predicted molar refractivity (Wildman–Crippen MR) is 65.6 cm³/mol. The number of carbonyl (C=O) groups excluding carboxylic acids is 1. The number of carboxylic acids is 1. The van der Waals surface area contributed by atoms with Crippen molar-refractivity contribution < 1.29 is 14.7 Å². The lowest BCUT2D eigenvalue weighted by Gasteiger charge is -2.39. The summed E-state index contributed by atoms with van der Waals surface area (Å²) in [6, 6.07) is 1.77. The highest BCUT2D eigenvalue weighted by molar-refractivity contribution is 6.00. The van der Waals surface area contributed by atoms with Gasteiger partial charge >= 0.3 is 5.97 Å². The molecule has 1 aliphatic heterocycles. The van der Waals surface area contributed by atoms with E-state index in [1.54, 1.807) is 13.0 Å². The fraction of sp³-hybridized carbons (Fsp3) is 0.417. The molecule has 6 nitrogen and oxygen atoms in total. The molecule has 1 aromatic rings. The van der Waals surface area contributed by atoms with Crippen LogP contribution in [0.4, 0.5) is 5.69 Å². The van der Waals surface area contributed by atoms with Crippen LogP contribution in [0, 0.1) is 19.8 Å². The molecule has 0 radical (unpaired) electrons. The van der Waals surface area contributed by atoms with E-state index in [0.29, 0.717) is 30.0 Å². The van der Waals surface area contributed by atoms with Crippen LogP contribution in [0.15, 0.2) is 6.07 Å². The van der Waals surface area contributed by atoms with Crippen molar-refractivity contribution in [2.24, 2.45) is 11.7 Å². The molecule has 0 aliphatic carbocycles. The smallest absolute Gasteiger partial charge is 0.310 e. The molecule has 0 aromatic carbocycles. The van der Waals surface area contributed by atoms with E-state index in [2.05, 4.69) is 4.98 Å². The van der Waals surface area contributed by atoms with Gasteiger partial charge in [0.2, 0.25) is 0 Å². The van der Waals surface area contributed by atoms with Gasteiger partial charge in [0.05, 0.1) is 22.9 Å². The van der Waals surface area contributed by atoms with E-state index in [1.165, 1.54) is 0 Å². The van der Waals surface area contributed by atoms with E-state index in [-0.39, 0.29) is 5.92 Å². The first kappa shape index (κ1) is 12.3. The van der Waals surface area contributed by atoms with Gasteiger partial charge in [-0.15, -0.1) is 0 Å². The predicted octanol–water partition coefficient (Wildman–Crippen LogP) is 0.318. The van der Waals surface area contributed by atoms with E-state index in [4.69, 9.17) is 10.8 Å². The van der Waals surface area contributed by atoms with Crippen molar-refractivity contribution in [1.29, 1.82) is 0 Å². The monoisotopic (exact) mass is 249 g/mol. The molecule has 1 amide bonds. The summed E-state index contributed by atoms with van der Waals surface area (Å²) in [5, 5.41) is 8.85. The van der Waals surface area contributed by atoms with Crippen molar-refractivity contribution in [2.75, 3.05) is 18.0 Å². The van der Waals surface area contributed by atoms with Crippen molar-refractivity contribution in [3.05, 3.63) is 23.0 Å². The molecule has 0 saturated carbocycles. The zero-order valence-corrected chi connectivity index (χ0v) is 10.3. The fourth-order valence-corrected chi connectivity index (χ4v) is 2.19. The summed E-state index contributed by atoms with van der Waals surface area (Å²) in [6.07, 6.45) is 0. The van der Waals surface area contributed by atoms with Crippen LogP contribution in [0.5, 0.6) is 0 Å². The van der Waals surface area contributed by atoms with Gasteiger partial charge < -0.3 is 15.7 Å². The standard InChI is InChI=1S/C12H15N3O3/c1-6-3-9(10(11(13)16)7(2)14-6)15-4-8(5-15)12(17)18/h3,8H,4-5H2,1-2H3,(H2,13,16)(H,17,18). The molecule has 2 rings (SSSR count). The Morgan fingerprint density at radius 1 is 1.44 bits per heavy atom. The number of aliphatic carboxylic acids is 1. The highest BCUT2D eigenvalue weighted by Crippen LogP contribution is 2.29. The quantitative estimate of drug-likeness (QED) is 0.804. The molecule has 0 atom stereocenters. The number of primary amides is 1. The molecule has 1 aliphatic rings. The number of carbonyl (C=O) groups is 2. The number of nitrogens with two attached hydrogens (primary N) is 1. The third kappa shape index (κ3) is 2.01. The van der Waals surface area contributed by atoms with Crippen LogP contribution in [0.3, 0.4) is 0 Å². The number of nitrogens with zero attached hydrogens (tertiary/aromatic N) is 2. The summed E-state index contributed by atoms with van der Waals surface area (Å²) in [4.78, 5) is 28.3. The minimum absolute atomic E-state index is 0.375. The number of hydrogen-bond donors (Lipinski definition) is 2. The molecule has 6 heteroatoms. The highest BCUT2D eigenvalue weighted by Gasteiger charge is 2.34. The van der Waals surface area contributed by atoms with Gasteiger partial charge in [0.25, 0.3) is 5.91 Å².